The van der Waals surface area contributed by atoms with E-state index in [1.54, 1.807) is 0 Å². The van der Waals surface area contributed by atoms with Crippen LogP contribution in [0.25, 0.3) is 0 Å². The van der Waals surface area contributed by atoms with Crippen LogP contribution in [0, 0.1) is 5.92 Å². The molecule has 2 aliphatic heterocycles. The zero-order chi connectivity index (χ0) is 16.5. The van der Waals surface area contributed by atoms with Gasteiger partial charge >= 0.3 is 0 Å². The van der Waals surface area contributed by atoms with Crippen LogP contribution in [-0.2, 0) is 0 Å². The van der Waals surface area contributed by atoms with Crippen LogP contribution in [0.1, 0.15) is 39.0 Å². The topological polar surface area (TPSA) is 66.0 Å². The minimum atomic E-state index is 0.173. The van der Waals surface area contributed by atoms with E-state index in [1.807, 2.05) is 24.3 Å². The lowest BCUT2D eigenvalue weighted by Crippen LogP contribution is -2.48. The van der Waals surface area contributed by atoms with E-state index in [4.69, 9.17) is 15.7 Å². The maximum absolute atomic E-state index is 5.76. The fourth-order valence-electron chi connectivity index (χ4n) is 3.99. The van der Waals surface area contributed by atoms with Crippen molar-refractivity contribution in [1.29, 1.82) is 0 Å². The summed E-state index contributed by atoms with van der Waals surface area (Å²) in [7, 11) is 0. The Kier molecular flexibility index (Phi) is 4.00. The van der Waals surface area contributed by atoms with Gasteiger partial charge in [0.2, 0.25) is 5.96 Å². The summed E-state index contributed by atoms with van der Waals surface area (Å²) in [4.78, 5) is 12.1. The predicted molar refractivity (Wildman–Crippen MR) is 100 cm³/mol. The van der Waals surface area contributed by atoms with Crippen molar-refractivity contribution in [3.8, 4) is 0 Å². The number of benzene rings is 1. The van der Waals surface area contributed by atoms with Crippen molar-refractivity contribution in [2.45, 2.75) is 51.2 Å². The highest BCUT2D eigenvalue weighted by molar-refractivity contribution is 6.05. The van der Waals surface area contributed by atoms with Gasteiger partial charge in [-0.1, -0.05) is 18.9 Å². The van der Waals surface area contributed by atoms with E-state index in [0.29, 0.717) is 17.9 Å². The van der Waals surface area contributed by atoms with Gasteiger partial charge < -0.3 is 16.0 Å². The predicted octanol–water partition coefficient (Wildman–Crippen LogP) is 3.62. The van der Waals surface area contributed by atoms with Gasteiger partial charge in [0.25, 0.3) is 0 Å². The van der Waals surface area contributed by atoms with Crippen molar-refractivity contribution in [1.82, 2.24) is 4.90 Å². The Labute approximate surface area is 143 Å². The lowest BCUT2D eigenvalue weighted by atomic mass is 9.91. The molecule has 3 aliphatic rings. The number of guanidine groups is 1. The second kappa shape index (κ2) is 6.30. The number of anilines is 2. The summed E-state index contributed by atoms with van der Waals surface area (Å²) in [6.07, 6.45) is 11.0. The van der Waals surface area contributed by atoms with E-state index in [9.17, 15) is 0 Å². The zero-order valence-corrected chi connectivity index (χ0v) is 14.2. The quantitative estimate of drug-likeness (QED) is 0.817. The number of rotatable bonds is 2. The number of hydrogen-bond donors (Lipinski definition) is 2. The van der Waals surface area contributed by atoms with Crippen molar-refractivity contribution < 1.29 is 0 Å². The monoisotopic (exact) mass is 323 g/mol. The van der Waals surface area contributed by atoms with Crippen LogP contribution in [0.4, 0.5) is 11.4 Å². The summed E-state index contributed by atoms with van der Waals surface area (Å²) in [6, 6.07) is 8.33. The molecule has 1 saturated carbocycles. The van der Waals surface area contributed by atoms with Gasteiger partial charge in [0.15, 0.2) is 0 Å². The van der Waals surface area contributed by atoms with Crippen LogP contribution in [0.5, 0.6) is 0 Å². The van der Waals surface area contributed by atoms with Gasteiger partial charge in [-0.2, -0.15) is 0 Å². The highest BCUT2D eigenvalue weighted by atomic mass is 15.3. The lowest BCUT2D eigenvalue weighted by Gasteiger charge is -2.42. The van der Waals surface area contributed by atoms with Gasteiger partial charge in [-0.15, -0.1) is 0 Å². The fraction of sp³-hybridized carbons (Fsp3) is 0.474. The third-order valence-electron chi connectivity index (χ3n) is 5.32. The molecule has 5 nitrogen and oxygen atoms in total. The number of aliphatic imine (C=N–C) groups is 2. The van der Waals surface area contributed by atoms with Crippen molar-refractivity contribution >= 4 is 23.0 Å². The molecular weight excluding hydrogens is 298 g/mol. The minimum absolute atomic E-state index is 0.173. The van der Waals surface area contributed by atoms with Gasteiger partial charge in [-0.3, -0.25) is 0 Å². The summed E-state index contributed by atoms with van der Waals surface area (Å²) in [6.45, 7) is 2.13. The van der Waals surface area contributed by atoms with Crippen LogP contribution >= 0.6 is 0 Å². The molecule has 5 heteroatoms. The molecule has 24 heavy (non-hydrogen) atoms. The van der Waals surface area contributed by atoms with Gasteiger partial charge in [-0.05, 0) is 56.7 Å². The van der Waals surface area contributed by atoms with Gasteiger partial charge in [0.05, 0.1) is 0 Å². The number of nitrogens with one attached hydrogen (secondary N) is 1. The summed E-state index contributed by atoms with van der Waals surface area (Å²) >= 11 is 0. The van der Waals surface area contributed by atoms with E-state index < -0.39 is 0 Å². The molecule has 4 rings (SSSR count). The number of nitrogens with two attached hydrogens (primary N) is 1. The van der Waals surface area contributed by atoms with Crippen molar-refractivity contribution in [2.75, 3.05) is 11.1 Å². The molecule has 2 atom stereocenters. The Balaban J connectivity index is 1.59. The van der Waals surface area contributed by atoms with E-state index in [0.717, 1.165) is 17.8 Å². The SMILES string of the molecule is CC1=NC(Nc2ccc(N)cc2)=NC2C1CC=CN2C1CCCC1. The molecule has 0 aromatic heterocycles. The number of hydrogen-bond acceptors (Lipinski definition) is 5. The van der Waals surface area contributed by atoms with E-state index in [-0.39, 0.29) is 6.17 Å². The third kappa shape index (κ3) is 2.90. The first-order valence-corrected chi connectivity index (χ1v) is 8.90. The molecule has 2 unspecified atom stereocenters. The molecule has 0 bridgehead atoms. The zero-order valence-electron chi connectivity index (χ0n) is 14.2. The molecule has 0 radical (unpaired) electrons. The second-order valence-electron chi connectivity index (χ2n) is 6.98. The molecule has 1 aromatic rings. The smallest absolute Gasteiger partial charge is 0.224 e. The third-order valence-corrected chi connectivity index (χ3v) is 5.32. The minimum Gasteiger partial charge on any atom is -0.399 e. The maximum atomic E-state index is 5.76. The molecule has 126 valence electrons. The molecule has 3 N–H and O–H groups in total. The number of allylic oxidation sites excluding steroid dienone is 1. The molecular formula is C19H25N5. The lowest BCUT2D eigenvalue weighted by molar-refractivity contribution is 0.167. The van der Waals surface area contributed by atoms with Crippen LogP contribution in [0.15, 0.2) is 46.5 Å². The number of nitrogens with zero attached hydrogens (tertiary/aromatic N) is 3. The molecule has 1 aromatic carbocycles. The first kappa shape index (κ1) is 15.2. The largest absolute Gasteiger partial charge is 0.399 e. The number of fused-ring (bicyclic) bond motifs is 1. The first-order valence-electron chi connectivity index (χ1n) is 8.90. The summed E-state index contributed by atoms with van der Waals surface area (Å²) < 4.78 is 0. The van der Waals surface area contributed by atoms with E-state index >= 15 is 0 Å². The first-order chi connectivity index (χ1) is 11.7. The Morgan fingerprint density at radius 3 is 2.67 bits per heavy atom. The van der Waals surface area contributed by atoms with Crippen LogP contribution in [0.2, 0.25) is 0 Å². The normalized spacial score (nSPS) is 26.8. The number of nitrogen functional groups attached to an aromatic ring is 1. The van der Waals surface area contributed by atoms with Gasteiger partial charge in [0, 0.05) is 29.0 Å². The molecule has 1 aliphatic carbocycles. The highest BCUT2D eigenvalue weighted by Gasteiger charge is 2.37. The molecule has 0 spiro atoms. The van der Waals surface area contributed by atoms with Crippen LogP contribution in [0.3, 0.4) is 0 Å². The van der Waals surface area contributed by atoms with Crippen LogP contribution < -0.4 is 11.1 Å². The van der Waals surface area contributed by atoms with Crippen LogP contribution in [-0.4, -0.2) is 28.8 Å². The van der Waals surface area contributed by atoms with E-state index in [2.05, 4.69) is 29.4 Å². The Morgan fingerprint density at radius 2 is 1.92 bits per heavy atom. The summed E-state index contributed by atoms with van der Waals surface area (Å²) in [5.41, 5.74) is 8.65. The standard InChI is InChI=1S/C19H25N5/c1-13-17-7-4-12-24(16-5-2-3-6-16)18(17)23-19(21-13)22-15-10-8-14(20)9-11-15/h4,8-12,16-18H,2-3,5-7,20H2,1H3,(H,22,23). The molecule has 2 heterocycles. The molecule has 0 amide bonds. The van der Waals surface area contributed by atoms with Crippen molar-refractivity contribution in [2.24, 2.45) is 15.9 Å². The Morgan fingerprint density at radius 1 is 1.17 bits per heavy atom. The van der Waals surface area contributed by atoms with Crippen molar-refractivity contribution in [3.63, 3.8) is 0 Å². The highest BCUT2D eigenvalue weighted by Crippen LogP contribution is 2.34. The summed E-state index contributed by atoms with van der Waals surface area (Å²) in [5, 5.41) is 3.34. The maximum Gasteiger partial charge on any atom is 0.224 e. The van der Waals surface area contributed by atoms with Gasteiger partial charge in [-0.25, -0.2) is 9.98 Å². The molecule has 1 fully saturated rings. The molecule has 0 saturated heterocycles. The second-order valence-corrected chi connectivity index (χ2v) is 6.98. The Hall–Kier alpha value is -2.30. The fourth-order valence-corrected chi connectivity index (χ4v) is 3.99. The van der Waals surface area contributed by atoms with Crippen molar-refractivity contribution in [3.05, 3.63) is 36.5 Å². The Bertz CT molecular complexity index is 682. The summed E-state index contributed by atoms with van der Waals surface area (Å²) in [5.74, 6) is 1.10. The van der Waals surface area contributed by atoms with E-state index in [1.165, 1.54) is 31.4 Å². The average Bonchev–Trinajstić information content (AvgIpc) is 3.11. The average molecular weight is 323 g/mol. The van der Waals surface area contributed by atoms with Gasteiger partial charge in [0.1, 0.15) is 6.17 Å².